The van der Waals surface area contributed by atoms with Crippen molar-refractivity contribution in [3.8, 4) is 0 Å². The Bertz CT molecular complexity index is 1120. The second-order valence-electron chi connectivity index (χ2n) is 10.4. The van der Waals surface area contributed by atoms with E-state index in [-0.39, 0.29) is 23.6 Å². The summed E-state index contributed by atoms with van der Waals surface area (Å²) in [6, 6.07) is 8.00. The van der Waals surface area contributed by atoms with Gasteiger partial charge >= 0.3 is 5.97 Å². The summed E-state index contributed by atoms with van der Waals surface area (Å²) in [5.41, 5.74) is -0.841. The number of fused-ring (bicyclic) bond motifs is 1. The number of aliphatic hydroxyl groups is 2. The molecular weight excluding hydrogens is 508 g/mol. The van der Waals surface area contributed by atoms with E-state index in [1.165, 1.54) is 0 Å². The van der Waals surface area contributed by atoms with E-state index in [0.29, 0.717) is 38.7 Å². The van der Waals surface area contributed by atoms with Crippen molar-refractivity contribution >= 4 is 44.8 Å². The van der Waals surface area contributed by atoms with Gasteiger partial charge in [-0.05, 0) is 44.6 Å². The third-order valence-corrected chi connectivity index (χ3v) is 8.91. The Kier molecular flexibility index (Phi) is 10.9. The van der Waals surface area contributed by atoms with Gasteiger partial charge in [-0.3, -0.25) is 9.59 Å². The summed E-state index contributed by atoms with van der Waals surface area (Å²) in [6.07, 6.45) is 10.3. The smallest absolute Gasteiger partial charge is 0.305 e. The molecule has 0 amide bonds. The number of carbonyl (C=O) groups is 2. The van der Waals surface area contributed by atoms with E-state index in [1.54, 1.807) is 31.3 Å². The number of thiophene rings is 1. The van der Waals surface area contributed by atoms with Crippen molar-refractivity contribution in [2.45, 2.75) is 77.9 Å². The van der Waals surface area contributed by atoms with Gasteiger partial charge in [0, 0.05) is 33.2 Å². The number of hydrogen-bond donors (Lipinski definition) is 2. The van der Waals surface area contributed by atoms with Crippen molar-refractivity contribution in [1.82, 2.24) is 0 Å². The molecule has 202 valence electrons. The van der Waals surface area contributed by atoms with Gasteiger partial charge in [-0.15, -0.1) is 11.3 Å². The monoisotopic (exact) mass is 546 g/mol. The molecule has 1 fully saturated rings. The van der Waals surface area contributed by atoms with Gasteiger partial charge in [0.15, 0.2) is 0 Å². The van der Waals surface area contributed by atoms with Crippen LogP contribution in [-0.2, 0) is 20.7 Å². The first-order valence-corrected chi connectivity index (χ1v) is 14.4. The first kappa shape index (κ1) is 29.6. The summed E-state index contributed by atoms with van der Waals surface area (Å²) in [6.45, 7) is 5.99. The molecule has 0 unspecified atom stereocenters. The summed E-state index contributed by atoms with van der Waals surface area (Å²) in [7, 11) is 0. The molecule has 0 spiro atoms. The van der Waals surface area contributed by atoms with Gasteiger partial charge in [0.1, 0.15) is 5.78 Å². The van der Waals surface area contributed by atoms with E-state index >= 15 is 0 Å². The van der Waals surface area contributed by atoms with Crippen molar-refractivity contribution in [3.05, 3.63) is 58.5 Å². The van der Waals surface area contributed by atoms with E-state index in [1.807, 2.05) is 49.4 Å². The molecule has 0 bridgehead atoms. The van der Waals surface area contributed by atoms with Crippen molar-refractivity contribution in [3.63, 3.8) is 0 Å². The Morgan fingerprint density at radius 1 is 1.27 bits per heavy atom. The number of Topliss-reactive ketones (excluding diaryl/α,β-unsaturated/α-hetero) is 1. The van der Waals surface area contributed by atoms with Gasteiger partial charge in [0.2, 0.25) is 0 Å². The number of carbonyl (C=O) groups excluding carboxylic acids is 2. The molecule has 1 aromatic carbocycles. The molecule has 1 saturated carbocycles. The fourth-order valence-electron chi connectivity index (χ4n) is 4.87. The topological polar surface area (TPSA) is 83.8 Å². The average molecular weight is 547 g/mol. The summed E-state index contributed by atoms with van der Waals surface area (Å²) in [5, 5.41) is 23.3. The maximum atomic E-state index is 13.1. The van der Waals surface area contributed by atoms with Gasteiger partial charge in [0.25, 0.3) is 0 Å². The zero-order valence-electron chi connectivity index (χ0n) is 22.0. The predicted octanol–water partition coefficient (Wildman–Crippen LogP) is 6.68. The van der Waals surface area contributed by atoms with E-state index in [2.05, 4.69) is 0 Å². The van der Waals surface area contributed by atoms with Gasteiger partial charge in [-0.25, -0.2) is 0 Å². The van der Waals surface area contributed by atoms with Crippen LogP contribution < -0.4 is 0 Å². The highest BCUT2D eigenvalue weighted by Gasteiger charge is 2.52. The first-order chi connectivity index (χ1) is 17.7. The molecule has 0 aliphatic heterocycles. The van der Waals surface area contributed by atoms with Crippen LogP contribution in [0.5, 0.6) is 0 Å². The minimum Gasteiger partial charge on any atom is -0.466 e. The van der Waals surface area contributed by atoms with Crippen molar-refractivity contribution in [1.29, 1.82) is 0 Å². The molecule has 1 aliphatic rings. The van der Waals surface area contributed by atoms with Crippen LogP contribution in [0.1, 0.15) is 64.2 Å². The summed E-state index contributed by atoms with van der Waals surface area (Å²) in [4.78, 5) is 25.7. The standard InChI is InChI=1S/C30H39ClO5S/c1-4-19-36-26(33)14-8-6-5-7-11-21-22(29(35)30(2,3)28(21)34)17-15-20(32)16-18-25-27(31)23-12-9-10-13-24(23)37-25/h5,7,9-10,12-13,15,17,20-22,29,32,35H,4,6,8,11,14,16,18-19H2,1-3H3/t20-,21+,22-,29-/m0/s1. The summed E-state index contributed by atoms with van der Waals surface area (Å²) < 4.78 is 6.21. The van der Waals surface area contributed by atoms with Crippen LogP contribution >= 0.6 is 22.9 Å². The Morgan fingerprint density at radius 2 is 2.03 bits per heavy atom. The Labute approximate surface area is 229 Å². The van der Waals surface area contributed by atoms with Crippen LogP contribution in [0, 0.1) is 17.3 Å². The van der Waals surface area contributed by atoms with Crippen molar-refractivity contribution in [2.75, 3.05) is 6.61 Å². The first-order valence-electron chi connectivity index (χ1n) is 13.2. The third-order valence-electron chi connectivity index (χ3n) is 7.14. The number of aliphatic hydroxyl groups excluding tert-OH is 2. The maximum absolute atomic E-state index is 13.1. The lowest BCUT2D eigenvalue weighted by atomic mass is 9.86. The third kappa shape index (κ3) is 7.53. The second kappa shape index (κ2) is 13.7. The highest BCUT2D eigenvalue weighted by Crippen LogP contribution is 2.45. The number of aryl methyl sites for hydroxylation is 1. The molecule has 2 N–H and O–H groups in total. The number of esters is 1. The van der Waals surface area contributed by atoms with Gasteiger partial charge in [0.05, 0.1) is 29.3 Å². The molecule has 3 rings (SSSR count). The minimum absolute atomic E-state index is 0.0361. The fourth-order valence-corrected chi connectivity index (χ4v) is 6.42. The van der Waals surface area contributed by atoms with E-state index in [0.717, 1.165) is 32.8 Å². The molecule has 4 atom stereocenters. The van der Waals surface area contributed by atoms with Gasteiger partial charge < -0.3 is 14.9 Å². The lowest BCUT2D eigenvalue weighted by molar-refractivity contribution is -0.143. The molecular formula is C30H39ClO5S. The number of allylic oxidation sites excluding steroid dienone is 2. The van der Waals surface area contributed by atoms with Gasteiger partial charge in [-0.1, -0.05) is 74.9 Å². The molecule has 1 aliphatic carbocycles. The lowest BCUT2D eigenvalue weighted by Gasteiger charge is -2.22. The normalized spacial score (nSPS) is 22.4. The number of ether oxygens (including phenoxy) is 1. The number of rotatable bonds is 13. The van der Waals surface area contributed by atoms with Crippen molar-refractivity contribution in [2.24, 2.45) is 17.3 Å². The van der Waals surface area contributed by atoms with Crippen LogP contribution in [0.4, 0.5) is 0 Å². The molecule has 1 heterocycles. The number of unbranched alkanes of at least 4 members (excludes halogenated alkanes) is 1. The Hall–Kier alpha value is -1.99. The van der Waals surface area contributed by atoms with Crippen LogP contribution in [0.25, 0.3) is 10.1 Å². The zero-order valence-corrected chi connectivity index (χ0v) is 23.6. The molecule has 37 heavy (non-hydrogen) atoms. The molecule has 1 aromatic heterocycles. The highest BCUT2D eigenvalue weighted by atomic mass is 35.5. The molecule has 0 saturated heterocycles. The minimum atomic E-state index is -0.841. The second-order valence-corrected chi connectivity index (χ2v) is 11.9. The highest BCUT2D eigenvalue weighted by molar-refractivity contribution is 7.19. The average Bonchev–Trinajstić information content (AvgIpc) is 3.28. The number of hydrogen-bond acceptors (Lipinski definition) is 6. The molecule has 5 nitrogen and oxygen atoms in total. The van der Waals surface area contributed by atoms with Crippen molar-refractivity contribution < 1.29 is 24.5 Å². The van der Waals surface area contributed by atoms with E-state index in [4.69, 9.17) is 16.3 Å². The van der Waals surface area contributed by atoms with Crippen LogP contribution in [0.15, 0.2) is 48.6 Å². The largest absolute Gasteiger partial charge is 0.466 e. The zero-order chi connectivity index (χ0) is 27.0. The number of benzene rings is 1. The Balaban J connectivity index is 1.55. The predicted molar refractivity (Wildman–Crippen MR) is 151 cm³/mol. The van der Waals surface area contributed by atoms with Crippen LogP contribution in [0.2, 0.25) is 5.02 Å². The lowest BCUT2D eigenvalue weighted by Crippen LogP contribution is -2.31. The number of ketones is 1. The van der Waals surface area contributed by atoms with Crippen LogP contribution in [0.3, 0.4) is 0 Å². The fraction of sp³-hybridized carbons (Fsp3) is 0.533. The Morgan fingerprint density at radius 3 is 2.76 bits per heavy atom. The summed E-state index contributed by atoms with van der Waals surface area (Å²) >= 11 is 8.18. The quantitative estimate of drug-likeness (QED) is 0.166. The number of halogens is 1. The SMILES string of the molecule is CCCOC(=O)CCCC=CC[C@H]1C(=O)C(C)(C)[C@@H](O)[C@H]1C=C[C@H](O)CCc1sc2ccccc2c1Cl. The van der Waals surface area contributed by atoms with Crippen LogP contribution in [-0.4, -0.2) is 40.8 Å². The van der Waals surface area contributed by atoms with E-state index < -0.39 is 17.6 Å². The summed E-state index contributed by atoms with van der Waals surface area (Å²) in [5.74, 6) is -0.853. The maximum Gasteiger partial charge on any atom is 0.305 e. The van der Waals surface area contributed by atoms with E-state index in [9.17, 15) is 19.8 Å². The molecule has 7 heteroatoms. The molecule has 2 aromatic rings. The van der Waals surface area contributed by atoms with Gasteiger partial charge in [-0.2, -0.15) is 0 Å². The molecule has 0 radical (unpaired) electrons.